The SMILES string of the molecule is C[C@H](O)[C@@H](O)c1ccc(O[C@@H]2O[C@H](CO)[C@@H](O)[C@H](O)[C@H]2O)cc1. The average Bonchev–Trinajstić information content (AvgIpc) is 2.55. The summed E-state index contributed by atoms with van der Waals surface area (Å²) in [6.07, 6.45) is -8.72. The van der Waals surface area contributed by atoms with Crippen LogP contribution in [0.1, 0.15) is 18.6 Å². The first-order chi connectivity index (χ1) is 10.8. The van der Waals surface area contributed by atoms with Crippen molar-refractivity contribution in [3.8, 4) is 5.75 Å². The summed E-state index contributed by atoms with van der Waals surface area (Å²) in [5, 5.41) is 57.5. The second-order valence-corrected chi connectivity index (χ2v) is 5.57. The second kappa shape index (κ2) is 7.54. The predicted molar refractivity (Wildman–Crippen MR) is 77.5 cm³/mol. The molecule has 0 spiro atoms. The van der Waals surface area contributed by atoms with Crippen LogP contribution in [-0.4, -0.2) is 74.1 Å². The molecule has 0 unspecified atom stereocenters. The second-order valence-electron chi connectivity index (χ2n) is 5.57. The molecule has 0 aliphatic carbocycles. The van der Waals surface area contributed by atoms with Crippen molar-refractivity contribution in [3.05, 3.63) is 29.8 Å². The smallest absolute Gasteiger partial charge is 0.229 e. The standard InChI is InChI=1S/C15H22O8/c1-7(17)11(18)8-2-4-9(5-3-8)22-15-14(21)13(20)12(19)10(6-16)23-15/h2-5,7,10-21H,6H2,1H3/t7-,10+,11+,12+,13-,14+,15+/m0/s1. The van der Waals surface area contributed by atoms with E-state index in [1.54, 1.807) is 0 Å². The molecule has 7 atom stereocenters. The Morgan fingerprint density at radius 2 is 1.65 bits per heavy atom. The van der Waals surface area contributed by atoms with Crippen LogP contribution >= 0.6 is 0 Å². The van der Waals surface area contributed by atoms with E-state index in [1.807, 2.05) is 0 Å². The maximum absolute atomic E-state index is 9.88. The zero-order valence-corrected chi connectivity index (χ0v) is 12.6. The van der Waals surface area contributed by atoms with Gasteiger partial charge in [0.1, 0.15) is 36.3 Å². The molecule has 1 heterocycles. The molecule has 23 heavy (non-hydrogen) atoms. The fourth-order valence-corrected chi connectivity index (χ4v) is 2.32. The largest absolute Gasteiger partial charge is 0.462 e. The maximum atomic E-state index is 9.88. The summed E-state index contributed by atoms with van der Waals surface area (Å²) in [4.78, 5) is 0. The van der Waals surface area contributed by atoms with Crippen LogP contribution in [-0.2, 0) is 4.74 Å². The molecule has 1 aliphatic heterocycles. The van der Waals surface area contributed by atoms with E-state index in [0.717, 1.165) is 0 Å². The Kier molecular flexibility index (Phi) is 5.93. The summed E-state index contributed by atoms with van der Waals surface area (Å²) in [6, 6.07) is 6.08. The van der Waals surface area contributed by atoms with Crippen molar-refractivity contribution in [2.75, 3.05) is 6.61 Å². The average molecular weight is 330 g/mol. The van der Waals surface area contributed by atoms with Gasteiger partial charge in [0.05, 0.1) is 12.7 Å². The van der Waals surface area contributed by atoms with Crippen molar-refractivity contribution < 1.29 is 40.1 Å². The molecular weight excluding hydrogens is 308 g/mol. The molecule has 0 aromatic heterocycles. The van der Waals surface area contributed by atoms with Gasteiger partial charge in [0.25, 0.3) is 0 Å². The number of ether oxygens (including phenoxy) is 2. The molecular formula is C15H22O8. The highest BCUT2D eigenvalue weighted by Gasteiger charge is 2.44. The van der Waals surface area contributed by atoms with Gasteiger partial charge in [-0.3, -0.25) is 0 Å². The predicted octanol–water partition coefficient (Wildman–Crippen LogP) is -1.72. The molecule has 0 saturated carbocycles. The van der Waals surface area contributed by atoms with Crippen molar-refractivity contribution >= 4 is 0 Å². The quantitative estimate of drug-likeness (QED) is 0.375. The third kappa shape index (κ3) is 3.99. The highest BCUT2D eigenvalue weighted by molar-refractivity contribution is 5.29. The van der Waals surface area contributed by atoms with E-state index in [4.69, 9.17) is 14.6 Å². The van der Waals surface area contributed by atoms with Crippen molar-refractivity contribution in [3.63, 3.8) is 0 Å². The number of benzene rings is 1. The molecule has 1 saturated heterocycles. The highest BCUT2D eigenvalue weighted by atomic mass is 16.7. The van der Waals surface area contributed by atoms with Crippen molar-refractivity contribution in [1.29, 1.82) is 0 Å². The van der Waals surface area contributed by atoms with Gasteiger partial charge < -0.3 is 40.1 Å². The molecule has 2 rings (SSSR count). The molecule has 8 nitrogen and oxygen atoms in total. The van der Waals surface area contributed by atoms with Crippen LogP contribution in [0.5, 0.6) is 5.75 Å². The van der Waals surface area contributed by atoms with Crippen LogP contribution in [0.15, 0.2) is 24.3 Å². The van der Waals surface area contributed by atoms with Crippen LogP contribution in [0.3, 0.4) is 0 Å². The van der Waals surface area contributed by atoms with Crippen LogP contribution in [0.4, 0.5) is 0 Å². The molecule has 130 valence electrons. The monoisotopic (exact) mass is 330 g/mol. The first-order valence-corrected chi connectivity index (χ1v) is 7.28. The summed E-state index contributed by atoms with van der Waals surface area (Å²) < 4.78 is 10.6. The summed E-state index contributed by atoms with van der Waals surface area (Å²) in [6.45, 7) is 0.924. The van der Waals surface area contributed by atoms with Gasteiger partial charge in [-0.15, -0.1) is 0 Å². The van der Waals surface area contributed by atoms with Crippen LogP contribution in [0, 0.1) is 0 Å². The highest BCUT2D eigenvalue weighted by Crippen LogP contribution is 2.26. The number of aliphatic hydroxyl groups is 6. The van der Waals surface area contributed by atoms with E-state index in [9.17, 15) is 25.5 Å². The van der Waals surface area contributed by atoms with Crippen LogP contribution < -0.4 is 4.74 Å². The van der Waals surface area contributed by atoms with E-state index in [0.29, 0.717) is 5.56 Å². The van der Waals surface area contributed by atoms with Gasteiger partial charge in [-0.2, -0.15) is 0 Å². The zero-order valence-electron chi connectivity index (χ0n) is 12.6. The van der Waals surface area contributed by atoms with E-state index in [2.05, 4.69) is 0 Å². The molecule has 0 radical (unpaired) electrons. The normalized spacial score (nSPS) is 34.0. The van der Waals surface area contributed by atoms with Gasteiger partial charge in [-0.1, -0.05) is 12.1 Å². The first-order valence-electron chi connectivity index (χ1n) is 7.28. The van der Waals surface area contributed by atoms with Gasteiger partial charge in [0.15, 0.2) is 0 Å². The van der Waals surface area contributed by atoms with Crippen molar-refractivity contribution in [2.45, 2.75) is 49.8 Å². The Hall–Kier alpha value is -1.26. The summed E-state index contributed by atoms with van der Waals surface area (Å²) in [7, 11) is 0. The lowest BCUT2D eigenvalue weighted by molar-refractivity contribution is -0.277. The van der Waals surface area contributed by atoms with E-state index in [-0.39, 0.29) is 5.75 Å². The Labute approximate surface area is 133 Å². The number of hydrogen-bond acceptors (Lipinski definition) is 8. The molecule has 1 fully saturated rings. The van der Waals surface area contributed by atoms with Gasteiger partial charge in [0, 0.05) is 0 Å². The minimum atomic E-state index is -1.51. The molecule has 6 N–H and O–H groups in total. The van der Waals surface area contributed by atoms with Gasteiger partial charge in [-0.25, -0.2) is 0 Å². The fourth-order valence-electron chi connectivity index (χ4n) is 2.32. The third-order valence-electron chi connectivity index (χ3n) is 3.78. The Bertz CT molecular complexity index is 489. The van der Waals surface area contributed by atoms with E-state index >= 15 is 0 Å². The fraction of sp³-hybridized carbons (Fsp3) is 0.600. The van der Waals surface area contributed by atoms with Gasteiger partial charge >= 0.3 is 0 Å². The molecule has 1 aromatic rings. The number of hydrogen-bond donors (Lipinski definition) is 6. The molecule has 8 heteroatoms. The van der Waals surface area contributed by atoms with Crippen molar-refractivity contribution in [1.82, 2.24) is 0 Å². The van der Waals surface area contributed by atoms with Crippen LogP contribution in [0.25, 0.3) is 0 Å². The first kappa shape index (κ1) is 18.1. The van der Waals surface area contributed by atoms with Gasteiger partial charge in [-0.05, 0) is 24.6 Å². The third-order valence-corrected chi connectivity index (χ3v) is 3.78. The van der Waals surface area contributed by atoms with Crippen molar-refractivity contribution in [2.24, 2.45) is 0 Å². The molecule has 1 aromatic carbocycles. The summed E-state index contributed by atoms with van der Waals surface area (Å²) >= 11 is 0. The maximum Gasteiger partial charge on any atom is 0.229 e. The molecule has 0 amide bonds. The number of aliphatic hydroxyl groups excluding tert-OH is 6. The van der Waals surface area contributed by atoms with Gasteiger partial charge in [0.2, 0.25) is 6.29 Å². The summed E-state index contributed by atoms with van der Waals surface area (Å²) in [5.74, 6) is 0.288. The van der Waals surface area contributed by atoms with Crippen LogP contribution in [0.2, 0.25) is 0 Å². The zero-order chi connectivity index (χ0) is 17.1. The van der Waals surface area contributed by atoms with E-state index < -0.39 is 49.5 Å². The Morgan fingerprint density at radius 3 is 2.17 bits per heavy atom. The molecule has 1 aliphatic rings. The topological polar surface area (TPSA) is 140 Å². The Morgan fingerprint density at radius 1 is 1.04 bits per heavy atom. The minimum Gasteiger partial charge on any atom is -0.462 e. The minimum absolute atomic E-state index is 0.288. The lowest BCUT2D eigenvalue weighted by atomic mass is 9.99. The Balaban J connectivity index is 2.06. The number of rotatable bonds is 5. The lowest BCUT2D eigenvalue weighted by Crippen LogP contribution is -2.60. The molecule has 0 bridgehead atoms. The summed E-state index contributed by atoms with van der Waals surface area (Å²) in [5.41, 5.74) is 0.487. The van der Waals surface area contributed by atoms with E-state index in [1.165, 1.54) is 31.2 Å². The lowest BCUT2D eigenvalue weighted by Gasteiger charge is -2.39.